The topological polar surface area (TPSA) is 35.8 Å². The van der Waals surface area contributed by atoms with Crippen molar-refractivity contribution in [2.45, 2.75) is 108 Å². The molecule has 2 heteroatoms. The quantitative estimate of drug-likeness (QED) is 0.763. The first-order chi connectivity index (χ1) is 9.85. The summed E-state index contributed by atoms with van der Waals surface area (Å²) in [5, 5.41) is 13.6. The third-order valence-corrected chi connectivity index (χ3v) is 5.26. The van der Waals surface area contributed by atoms with Crippen molar-refractivity contribution in [3.63, 3.8) is 0 Å². The largest absolute Gasteiger partial charge is 0.297 e. The van der Waals surface area contributed by atoms with E-state index in [2.05, 4.69) is 11.4 Å². The molecule has 0 spiro atoms. The van der Waals surface area contributed by atoms with Crippen LogP contribution in [0.5, 0.6) is 0 Å². The maximum absolute atomic E-state index is 9.79. The number of nitrogens with one attached hydrogen (secondary N) is 1. The summed E-state index contributed by atoms with van der Waals surface area (Å²) in [4.78, 5) is 0. The van der Waals surface area contributed by atoms with Gasteiger partial charge in [-0.05, 0) is 25.7 Å². The molecule has 114 valence electrons. The van der Waals surface area contributed by atoms with Gasteiger partial charge in [0.1, 0.15) is 5.54 Å². The lowest BCUT2D eigenvalue weighted by atomic mass is 9.86. The zero-order valence-electron chi connectivity index (χ0n) is 13.1. The van der Waals surface area contributed by atoms with Gasteiger partial charge in [-0.2, -0.15) is 5.26 Å². The zero-order chi connectivity index (χ0) is 14.1. The van der Waals surface area contributed by atoms with Gasteiger partial charge < -0.3 is 0 Å². The van der Waals surface area contributed by atoms with Crippen LogP contribution < -0.4 is 5.32 Å². The van der Waals surface area contributed by atoms with E-state index in [-0.39, 0.29) is 5.54 Å². The van der Waals surface area contributed by atoms with E-state index in [0.717, 1.165) is 12.8 Å². The average molecular weight is 276 g/mol. The Morgan fingerprint density at radius 3 is 1.60 bits per heavy atom. The number of nitrogens with zero attached hydrogens (tertiary/aromatic N) is 1. The van der Waals surface area contributed by atoms with Gasteiger partial charge >= 0.3 is 0 Å². The number of hydrogen-bond acceptors (Lipinski definition) is 2. The van der Waals surface area contributed by atoms with Crippen LogP contribution in [0.3, 0.4) is 0 Å². The first-order valence-corrected chi connectivity index (χ1v) is 9.04. The second-order valence-corrected chi connectivity index (χ2v) is 7.00. The summed E-state index contributed by atoms with van der Waals surface area (Å²) in [6, 6.07) is 3.30. The Bertz CT molecular complexity index is 287. The monoisotopic (exact) mass is 276 g/mol. The smallest absolute Gasteiger partial charge is 0.106 e. The highest BCUT2D eigenvalue weighted by atomic mass is 15.0. The SMILES string of the molecule is N#CC1(NC2CCCC2)CCCCCCCCCCC1. The molecule has 2 aliphatic rings. The second kappa shape index (κ2) is 8.67. The predicted molar refractivity (Wildman–Crippen MR) is 84.5 cm³/mol. The molecule has 0 radical (unpaired) electrons. The highest BCUT2D eigenvalue weighted by Crippen LogP contribution is 2.28. The minimum Gasteiger partial charge on any atom is -0.297 e. The van der Waals surface area contributed by atoms with Gasteiger partial charge in [0.15, 0.2) is 0 Å². The standard InChI is InChI=1S/C18H32N2/c19-16-18(20-17-12-8-9-13-17)14-10-6-4-2-1-3-5-7-11-15-18/h17,20H,1-15H2. The van der Waals surface area contributed by atoms with Crippen molar-refractivity contribution in [1.82, 2.24) is 5.32 Å². The molecule has 2 fully saturated rings. The van der Waals surface area contributed by atoms with Crippen LogP contribution in [-0.4, -0.2) is 11.6 Å². The second-order valence-electron chi connectivity index (χ2n) is 7.00. The molecule has 0 aromatic rings. The van der Waals surface area contributed by atoms with E-state index >= 15 is 0 Å². The van der Waals surface area contributed by atoms with Gasteiger partial charge in [-0.15, -0.1) is 0 Å². The van der Waals surface area contributed by atoms with Gasteiger partial charge in [0.25, 0.3) is 0 Å². The molecule has 0 unspecified atom stereocenters. The number of rotatable bonds is 2. The summed E-state index contributed by atoms with van der Waals surface area (Å²) < 4.78 is 0. The lowest BCUT2D eigenvalue weighted by Crippen LogP contribution is -2.48. The minimum absolute atomic E-state index is 0.214. The summed E-state index contributed by atoms with van der Waals surface area (Å²) >= 11 is 0. The summed E-state index contributed by atoms with van der Waals surface area (Å²) in [6.45, 7) is 0. The number of hydrogen-bond donors (Lipinski definition) is 1. The number of nitriles is 1. The van der Waals surface area contributed by atoms with Crippen LogP contribution in [0.1, 0.15) is 96.3 Å². The molecule has 20 heavy (non-hydrogen) atoms. The Morgan fingerprint density at radius 2 is 1.15 bits per heavy atom. The normalized spacial score (nSPS) is 26.4. The van der Waals surface area contributed by atoms with Crippen LogP contribution in [0.4, 0.5) is 0 Å². The van der Waals surface area contributed by atoms with Crippen LogP contribution >= 0.6 is 0 Å². The Balaban J connectivity index is 1.91. The Morgan fingerprint density at radius 1 is 0.700 bits per heavy atom. The van der Waals surface area contributed by atoms with E-state index < -0.39 is 0 Å². The van der Waals surface area contributed by atoms with Crippen molar-refractivity contribution < 1.29 is 0 Å². The highest BCUT2D eigenvalue weighted by molar-refractivity contribution is 5.08. The van der Waals surface area contributed by atoms with E-state index in [1.54, 1.807) is 0 Å². The molecule has 2 saturated carbocycles. The molecular formula is C18H32N2. The molecular weight excluding hydrogens is 244 g/mol. The molecule has 0 aromatic heterocycles. The van der Waals surface area contributed by atoms with Gasteiger partial charge in [0, 0.05) is 6.04 Å². The Kier molecular flexibility index (Phi) is 6.87. The molecule has 0 aliphatic heterocycles. The van der Waals surface area contributed by atoms with Crippen LogP contribution in [0.2, 0.25) is 0 Å². The molecule has 0 bridgehead atoms. The van der Waals surface area contributed by atoms with Crippen molar-refractivity contribution in [3.05, 3.63) is 0 Å². The van der Waals surface area contributed by atoms with Gasteiger partial charge in [-0.3, -0.25) is 5.32 Å². The zero-order valence-corrected chi connectivity index (χ0v) is 13.1. The predicted octanol–water partition coefficient (Wildman–Crippen LogP) is 5.09. The first kappa shape index (κ1) is 15.8. The fraction of sp³-hybridized carbons (Fsp3) is 0.944. The first-order valence-electron chi connectivity index (χ1n) is 9.04. The molecule has 2 nitrogen and oxygen atoms in total. The van der Waals surface area contributed by atoms with E-state index in [4.69, 9.17) is 0 Å². The summed E-state index contributed by atoms with van der Waals surface area (Å²) in [5.74, 6) is 0. The average Bonchev–Trinajstić information content (AvgIpc) is 2.95. The molecule has 0 amide bonds. The molecule has 0 atom stereocenters. The van der Waals surface area contributed by atoms with Crippen molar-refractivity contribution in [2.24, 2.45) is 0 Å². The Labute approximate surface area is 125 Å². The highest BCUT2D eigenvalue weighted by Gasteiger charge is 2.32. The third-order valence-electron chi connectivity index (χ3n) is 5.26. The lowest BCUT2D eigenvalue weighted by molar-refractivity contribution is 0.294. The minimum atomic E-state index is -0.214. The molecule has 0 heterocycles. The maximum atomic E-state index is 9.79. The van der Waals surface area contributed by atoms with Gasteiger partial charge in [0.2, 0.25) is 0 Å². The third kappa shape index (κ3) is 5.09. The molecule has 0 aromatic carbocycles. The van der Waals surface area contributed by atoms with E-state index in [1.807, 2.05) is 0 Å². The van der Waals surface area contributed by atoms with Gasteiger partial charge in [-0.1, -0.05) is 70.6 Å². The van der Waals surface area contributed by atoms with Crippen LogP contribution in [-0.2, 0) is 0 Å². The fourth-order valence-electron chi connectivity index (χ4n) is 3.97. The van der Waals surface area contributed by atoms with E-state index in [9.17, 15) is 5.26 Å². The maximum Gasteiger partial charge on any atom is 0.106 e. The summed E-state index contributed by atoms with van der Waals surface area (Å²) in [6.07, 6.45) is 19.4. The van der Waals surface area contributed by atoms with E-state index in [0.29, 0.717) is 6.04 Å². The van der Waals surface area contributed by atoms with E-state index in [1.165, 1.54) is 83.5 Å². The van der Waals surface area contributed by atoms with Crippen LogP contribution in [0.25, 0.3) is 0 Å². The molecule has 1 N–H and O–H groups in total. The van der Waals surface area contributed by atoms with Gasteiger partial charge in [0.05, 0.1) is 6.07 Å². The summed E-state index contributed by atoms with van der Waals surface area (Å²) in [5.41, 5.74) is -0.214. The summed E-state index contributed by atoms with van der Waals surface area (Å²) in [7, 11) is 0. The van der Waals surface area contributed by atoms with Crippen molar-refractivity contribution in [1.29, 1.82) is 5.26 Å². The van der Waals surface area contributed by atoms with Crippen molar-refractivity contribution in [3.8, 4) is 6.07 Å². The lowest BCUT2D eigenvalue weighted by Gasteiger charge is -2.32. The van der Waals surface area contributed by atoms with Gasteiger partial charge in [-0.25, -0.2) is 0 Å². The van der Waals surface area contributed by atoms with Crippen LogP contribution in [0, 0.1) is 11.3 Å². The molecule has 2 aliphatic carbocycles. The molecule has 0 saturated heterocycles. The fourth-order valence-corrected chi connectivity index (χ4v) is 3.97. The van der Waals surface area contributed by atoms with Crippen LogP contribution in [0.15, 0.2) is 0 Å². The van der Waals surface area contributed by atoms with Crippen molar-refractivity contribution in [2.75, 3.05) is 0 Å². The van der Waals surface area contributed by atoms with Crippen molar-refractivity contribution >= 4 is 0 Å². The Hall–Kier alpha value is -0.550. The molecule has 2 rings (SSSR count).